The summed E-state index contributed by atoms with van der Waals surface area (Å²) in [7, 11) is 0. The van der Waals surface area contributed by atoms with Crippen LogP contribution in [0.1, 0.15) is 37.8 Å². The summed E-state index contributed by atoms with van der Waals surface area (Å²) in [5.74, 6) is 1.00. The van der Waals surface area contributed by atoms with Crippen LogP contribution in [0.25, 0.3) is 11.1 Å². The van der Waals surface area contributed by atoms with Gasteiger partial charge in [-0.25, -0.2) is 4.39 Å². The molecule has 0 saturated carbocycles. The molecule has 1 atom stereocenters. The van der Waals surface area contributed by atoms with Crippen molar-refractivity contribution in [1.29, 1.82) is 0 Å². The highest BCUT2D eigenvalue weighted by atomic mass is 19.1. The summed E-state index contributed by atoms with van der Waals surface area (Å²) in [6, 6.07) is 11.4. The van der Waals surface area contributed by atoms with Gasteiger partial charge in [0.15, 0.2) is 0 Å². The molecular formula is C24H27FN4O. The zero-order valence-corrected chi connectivity index (χ0v) is 17.2. The number of nitrogens with zero attached hydrogens (tertiary/aromatic N) is 2. The lowest BCUT2D eigenvalue weighted by Crippen LogP contribution is -2.29. The molecule has 0 amide bonds. The standard InChI is InChI=1S/C24H27FN4O/c1-16-5-6-22-23(28-16)8-7-21(24(22)30-20-4-2-3-18(25)13-20)17-14-27-29(15-17)19-9-11-26-12-10-19/h2-4,7-8,13-16,19,26,28H,5-6,9-12H2,1H3/t16-/m0/s1. The molecule has 2 aromatic carbocycles. The molecule has 0 radical (unpaired) electrons. The second-order valence-electron chi connectivity index (χ2n) is 8.30. The minimum Gasteiger partial charge on any atom is -0.456 e. The van der Waals surface area contributed by atoms with Gasteiger partial charge in [0.25, 0.3) is 0 Å². The molecule has 1 aromatic heterocycles. The molecule has 5 nitrogen and oxygen atoms in total. The average molecular weight is 407 g/mol. The molecule has 5 rings (SSSR count). The van der Waals surface area contributed by atoms with E-state index in [0.29, 0.717) is 17.8 Å². The number of halogens is 1. The number of rotatable bonds is 4. The Morgan fingerprint density at radius 3 is 2.83 bits per heavy atom. The van der Waals surface area contributed by atoms with Crippen LogP contribution < -0.4 is 15.4 Å². The first-order chi connectivity index (χ1) is 14.7. The van der Waals surface area contributed by atoms with Crippen LogP contribution in [0.15, 0.2) is 48.8 Å². The molecule has 156 valence electrons. The van der Waals surface area contributed by atoms with Crippen molar-refractivity contribution in [1.82, 2.24) is 15.1 Å². The number of anilines is 1. The molecule has 0 spiro atoms. The van der Waals surface area contributed by atoms with E-state index in [9.17, 15) is 4.39 Å². The van der Waals surface area contributed by atoms with E-state index in [2.05, 4.69) is 45.7 Å². The summed E-state index contributed by atoms with van der Waals surface area (Å²) in [5.41, 5.74) is 4.26. The van der Waals surface area contributed by atoms with Crippen molar-refractivity contribution < 1.29 is 9.13 Å². The lowest BCUT2D eigenvalue weighted by atomic mass is 9.94. The molecule has 1 fully saturated rings. The zero-order valence-electron chi connectivity index (χ0n) is 17.2. The van der Waals surface area contributed by atoms with E-state index in [1.807, 2.05) is 6.20 Å². The third-order valence-corrected chi connectivity index (χ3v) is 6.10. The molecule has 2 aliphatic heterocycles. The molecule has 2 N–H and O–H groups in total. The van der Waals surface area contributed by atoms with Crippen molar-refractivity contribution in [2.24, 2.45) is 0 Å². The Bertz CT molecular complexity index is 1040. The lowest BCUT2D eigenvalue weighted by Gasteiger charge is -2.27. The van der Waals surface area contributed by atoms with Crippen LogP contribution in [0.5, 0.6) is 11.5 Å². The third kappa shape index (κ3) is 3.79. The first kappa shape index (κ1) is 19.1. The number of ether oxygens (including phenoxy) is 1. The van der Waals surface area contributed by atoms with Gasteiger partial charge in [-0.3, -0.25) is 4.68 Å². The van der Waals surface area contributed by atoms with E-state index in [-0.39, 0.29) is 5.82 Å². The Morgan fingerprint density at radius 2 is 2.00 bits per heavy atom. The first-order valence-electron chi connectivity index (χ1n) is 10.8. The number of piperidine rings is 1. The predicted molar refractivity (Wildman–Crippen MR) is 117 cm³/mol. The maximum absolute atomic E-state index is 13.8. The first-order valence-corrected chi connectivity index (χ1v) is 10.8. The summed E-state index contributed by atoms with van der Waals surface area (Å²) < 4.78 is 22.2. The van der Waals surface area contributed by atoms with Crippen LogP contribution in [-0.2, 0) is 6.42 Å². The van der Waals surface area contributed by atoms with Gasteiger partial charge in [-0.2, -0.15) is 5.10 Å². The van der Waals surface area contributed by atoms with Crippen LogP contribution >= 0.6 is 0 Å². The van der Waals surface area contributed by atoms with Gasteiger partial charge in [0, 0.05) is 40.7 Å². The Balaban J connectivity index is 1.55. The van der Waals surface area contributed by atoms with E-state index in [1.165, 1.54) is 12.1 Å². The van der Waals surface area contributed by atoms with E-state index >= 15 is 0 Å². The highest BCUT2D eigenvalue weighted by molar-refractivity contribution is 5.77. The second-order valence-corrected chi connectivity index (χ2v) is 8.30. The van der Waals surface area contributed by atoms with Gasteiger partial charge in [0.1, 0.15) is 17.3 Å². The SMILES string of the molecule is C[C@H]1CCc2c(ccc(-c3cnn(C4CCNCC4)c3)c2Oc2cccc(F)c2)N1. The van der Waals surface area contributed by atoms with Gasteiger partial charge < -0.3 is 15.4 Å². The van der Waals surface area contributed by atoms with Gasteiger partial charge in [-0.05, 0) is 70.0 Å². The van der Waals surface area contributed by atoms with Crippen molar-refractivity contribution in [3.63, 3.8) is 0 Å². The van der Waals surface area contributed by atoms with Crippen LogP contribution in [0.2, 0.25) is 0 Å². The molecule has 0 bridgehead atoms. The maximum Gasteiger partial charge on any atom is 0.140 e. The van der Waals surface area contributed by atoms with E-state index in [0.717, 1.165) is 66.9 Å². The van der Waals surface area contributed by atoms with Crippen LogP contribution in [0.4, 0.5) is 10.1 Å². The summed E-state index contributed by atoms with van der Waals surface area (Å²) in [6.07, 6.45) is 8.16. The van der Waals surface area contributed by atoms with Crippen molar-refractivity contribution >= 4 is 5.69 Å². The van der Waals surface area contributed by atoms with Gasteiger partial charge in [0.2, 0.25) is 0 Å². The van der Waals surface area contributed by atoms with Crippen LogP contribution in [0.3, 0.4) is 0 Å². The smallest absolute Gasteiger partial charge is 0.140 e. The number of fused-ring (bicyclic) bond motifs is 1. The van der Waals surface area contributed by atoms with Gasteiger partial charge in [-0.1, -0.05) is 6.07 Å². The summed E-state index contributed by atoms with van der Waals surface area (Å²) >= 11 is 0. The molecule has 0 aliphatic carbocycles. The van der Waals surface area contributed by atoms with Gasteiger partial charge in [0.05, 0.1) is 12.2 Å². The highest BCUT2D eigenvalue weighted by Crippen LogP contribution is 2.43. The van der Waals surface area contributed by atoms with Crippen molar-refractivity contribution in [3.05, 3.63) is 60.2 Å². The van der Waals surface area contributed by atoms with Gasteiger partial charge in [-0.15, -0.1) is 0 Å². The fraction of sp³-hybridized carbons (Fsp3) is 0.375. The van der Waals surface area contributed by atoms with Crippen molar-refractivity contribution in [3.8, 4) is 22.6 Å². The van der Waals surface area contributed by atoms with Crippen LogP contribution in [-0.4, -0.2) is 28.9 Å². The maximum atomic E-state index is 13.8. The number of nitrogens with one attached hydrogen (secondary N) is 2. The van der Waals surface area contributed by atoms with E-state index in [1.54, 1.807) is 12.1 Å². The molecule has 3 heterocycles. The lowest BCUT2D eigenvalue weighted by molar-refractivity contribution is 0.343. The number of aromatic nitrogens is 2. The Hall–Kier alpha value is -2.86. The minimum absolute atomic E-state index is 0.302. The van der Waals surface area contributed by atoms with E-state index in [4.69, 9.17) is 4.74 Å². The molecule has 6 heteroatoms. The van der Waals surface area contributed by atoms with E-state index < -0.39 is 0 Å². The van der Waals surface area contributed by atoms with Crippen molar-refractivity contribution in [2.45, 2.75) is 44.7 Å². The van der Waals surface area contributed by atoms with Gasteiger partial charge >= 0.3 is 0 Å². The van der Waals surface area contributed by atoms with Crippen LogP contribution in [0, 0.1) is 5.82 Å². The average Bonchev–Trinajstić information content (AvgIpc) is 3.24. The molecule has 3 aromatic rings. The number of hydrogen-bond acceptors (Lipinski definition) is 4. The molecular weight excluding hydrogens is 379 g/mol. The van der Waals surface area contributed by atoms with Crippen molar-refractivity contribution in [2.75, 3.05) is 18.4 Å². The monoisotopic (exact) mass is 406 g/mol. The number of benzene rings is 2. The summed E-state index contributed by atoms with van der Waals surface area (Å²) in [5, 5.41) is 11.6. The Morgan fingerprint density at radius 1 is 1.13 bits per heavy atom. The molecule has 30 heavy (non-hydrogen) atoms. The molecule has 2 aliphatic rings. The topological polar surface area (TPSA) is 51.1 Å². The summed E-state index contributed by atoms with van der Waals surface area (Å²) in [6.45, 7) is 4.24. The Kier molecular flexibility index (Phi) is 5.17. The fourth-order valence-electron chi connectivity index (χ4n) is 4.45. The highest BCUT2D eigenvalue weighted by Gasteiger charge is 2.23. The summed E-state index contributed by atoms with van der Waals surface area (Å²) in [4.78, 5) is 0. The Labute approximate surface area is 176 Å². The largest absolute Gasteiger partial charge is 0.456 e. The molecule has 0 unspecified atom stereocenters. The minimum atomic E-state index is -0.302. The quantitative estimate of drug-likeness (QED) is 0.629. The predicted octanol–water partition coefficient (Wildman–Crippen LogP) is 5.15. The normalized spacial score (nSPS) is 19.2. The second kappa shape index (κ2) is 8.11. The zero-order chi connectivity index (χ0) is 20.5. The molecule has 1 saturated heterocycles. The third-order valence-electron chi connectivity index (χ3n) is 6.10. The fourth-order valence-corrected chi connectivity index (χ4v) is 4.45. The number of hydrogen-bond donors (Lipinski definition) is 2.